The van der Waals surface area contributed by atoms with Crippen LogP contribution in [0.15, 0.2) is 72.2 Å². The second kappa shape index (κ2) is 6.91. The van der Waals surface area contributed by atoms with Gasteiger partial charge in [0.05, 0.1) is 11.4 Å². The highest BCUT2D eigenvalue weighted by Gasteiger charge is 2.09. The summed E-state index contributed by atoms with van der Waals surface area (Å²) in [7, 11) is 0. The zero-order valence-corrected chi connectivity index (χ0v) is 14.4. The molecule has 4 rings (SSSR count). The van der Waals surface area contributed by atoms with Crippen LogP contribution in [0.3, 0.4) is 0 Å². The van der Waals surface area contributed by atoms with Crippen LogP contribution in [-0.2, 0) is 6.54 Å². The number of hydrogen-bond acceptors (Lipinski definition) is 3. The van der Waals surface area contributed by atoms with Crippen molar-refractivity contribution in [2.45, 2.75) is 6.54 Å². The summed E-state index contributed by atoms with van der Waals surface area (Å²) in [6, 6.07) is 19.8. The summed E-state index contributed by atoms with van der Waals surface area (Å²) >= 11 is 1.67. The van der Waals surface area contributed by atoms with Gasteiger partial charge in [0.25, 0.3) is 5.91 Å². The Morgan fingerprint density at radius 2 is 1.92 bits per heavy atom. The number of nitrogens with one attached hydrogen (secondary N) is 1. The number of hydrogen-bond donors (Lipinski definition) is 1. The first-order valence-electron chi connectivity index (χ1n) is 8.14. The number of carbonyl (C=O) groups is 1. The van der Waals surface area contributed by atoms with E-state index >= 15 is 0 Å². The normalized spacial score (nSPS) is 10.9. The van der Waals surface area contributed by atoms with Crippen LogP contribution in [0, 0.1) is 0 Å². The Morgan fingerprint density at radius 3 is 2.80 bits per heavy atom. The number of fused-ring (bicyclic) bond motifs is 1. The molecule has 0 atom stereocenters. The number of benzene rings is 2. The predicted octanol–water partition coefficient (Wildman–Crippen LogP) is 4.19. The summed E-state index contributed by atoms with van der Waals surface area (Å²) in [5.74, 6) is -0.0533. The SMILES string of the molecule is O=C(NCCn1ccc(-c2cccs2)n1)c1cccc2ccccc12. The van der Waals surface area contributed by atoms with E-state index in [1.54, 1.807) is 11.3 Å². The molecule has 2 aromatic carbocycles. The molecule has 0 fully saturated rings. The van der Waals surface area contributed by atoms with E-state index in [1.165, 1.54) is 0 Å². The maximum Gasteiger partial charge on any atom is 0.251 e. The summed E-state index contributed by atoms with van der Waals surface area (Å²) < 4.78 is 1.86. The third kappa shape index (κ3) is 3.32. The van der Waals surface area contributed by atoms with E-state index < -0.39 is 0 Å². The van der Waals surface area contributed by atoms with Gasteiger partial charge in [-0.05, 0) is 34.4 Å². The maximum absolute atomic E-state index is 12.5. The molecule has 0 aliphatic carbocycles. The van der Waals surface area contributed by atoms with E-state index in [0.717, 1.165) is 21.3 Å². The van der Waals surface area contributed by atoms with E-state index in [1.807, 2.05) is 70.9 Å². The first kappa shape index (κ1) is 15.6. The highest BCUT2D eigenvalue weighted by Crippen LogP contribution is 2.22. The molecule has 2 heterocycles. The minimum absolute atomic E-state index is 0.0533. The van der Waals surface area contributed by atoms with Crippen LogP contribution in [0.5, 0.6) is 0 Å². The Hall–Kier alpha value is -2.92. The first-order valence-corrected chi connectivity index (χ1v) is 9.02. The third-order valence-corrected chi connectivity index (χ3v) is 4.97. The number of nitrogens with zero attached hydrogens (tertiary/aromatic N) is 2. The standard InChI is InChI=1S/C20H17N3OS/c24-20(17-8-3-6-15-5-1-2-7-16(15)17)21-11-13-23-12-10-18(22-23)19-9-4-14-25-19/h1-10,12,14H,11,13H2,(H,21,24). The lowest BCUT2D eigenvalue weighted by Gasteiger charge is -2.08. The molecule has 2 aromatic heterocycles. The molecule has 0 spiro atoms. The van der Waals surface area contributed by atoms with E-state index in [0.29, 0.717) is 18.7 Å². The van der Waals surface area contributed by atoms with Gasteiger partial charge in [-0.15, -0.1) is 11.3 Å². The highest BCUT2D eigenvalue weighted by atomic mass is 32.1. The minimum atomic E-state index is -0.0533. The van der Waals surface area contributed by atoms with Crippen LogP contribution >= 0.6 is 11.3 Å². The maximum atomic E-state index is 12.5. The fourth-order valence-corrected chi connectivity index (χ4v) is 3.54. The molecule has 0 unspecified atom stereocenters. The van der Waals surface area contributed by atoms with Crippen LogP contribution in [-0.4, -0.2) is 22.2 Å². The zero-order chi connectivity index (χ0) is 17.1. The molecular formula is C20H17N3OS. The molecule has 25 heavy (non-hydrogen) atoms. The number of amides is 1. The van der Waals surface area contributed by atoms with Crippen molar-refractivity contribution >= 4 is 28.0 Å². The molecule has 5 heteroatoms. The second-order valence-corrected chi connectivity index (χ2v) is 6.67. The lowest BCUT2D eigenvalue weighted by molar-refractivity contribution is 0.0953. The number of thiophene rings is 1. The van der Waals surface area contributed by atoms with Crippen molar-refractivity contribution in [1.29, 1.82) is 0 Å². The van der Waals surface area contributed by atoms with Crippen molar-refractivity contribution in [2.75, 3.05) is 6.54 Å². The molecule has 0 aliphatic rings. The lowest BCUT2D eigenvalue weighted by atomic mass is 10.0. The molecule has 1 amide bonds. The van der Waals surface area contributed by atoms with Crippen LogP contribution in [0.25, 0.3) is 21.3 Å². The Balaban J connectivity index is 1.41. The topological polar surface area (TPSA) is 46.9 Å². The van der Waals surface area contributed by atoms with Crippen molar-refractivity contribution in [2.24, 2.45) is 0 Å². The molecule has 0 saturated heterocycles. The van der Waals surface area contributed by atoms with E-state index in [-0.39, 0.29) is 5.91 Å². The fourth-order valence-electron chi connectivity index (χ4n) is 2.84. The molecule has 0 saturated carbocycles. The van der Waals surface area contributed by atoms with E-state index in [4.69, 9.17) is 0 Å². The van der Waals surface area contributed by atoms with Gasteiger partial charge in [-0.2, -0.15) is 5.10 Å². The summed E-state index contributed by atoms with van der Waals surface area (Å²) in [6.45, 7) is 1.18. The molecular weight excluding hydrogens is 330 g/mol. The molecule has 0 bridgehead atoms. The third-order valence-electron chi connectivity index (χ3n) is 4.08. The Kier molecular flexibility index (Phi) is 4.31. The van der Waals surface area contributed by atoms with Crippen molar-refractivity contribution in [3.05, 3.63) is 77.8 Å². The van der Waals surface area contributed by atoms with Gasteiger partial charge in [0.1, 0.15) is 5.69 Å². The average Bonchev–Trinajstić information content (AvgIpc) is 3.32. The van der Waals surface area contributed by atoms with E-state index in [2.05, 4.69) is 16.5 Å². The van der Waals surface area contributed by atoms with Crippen molar-refractivity contribution in [3.63, 3.8) is 0 Å². The van der Waals surface area contributed by atoms with Gasteiger partial charge in [-0.3, -0.25) is 9.48 Å². The van der Waals surface area contributed by atoms with Crippen LogP contribution in [0.1, 0.15) is 10.4 Å². The van der Waals surface area contributed by atoms with Gasteiger partial charge < -0.3 is 5.32 Å². The molecule has 4 nitrogen and oxygen atoms in total. The highest BCUT2D eigenvalue weighted by molar-refractivity contribution is 7.13. The Bertz CT molecular complexity index is 999. The van der Waals surface area contributed by atoms with Crippen molar-refractivity contribution in [1.82, 2.24) is 15.1 Å². The zero-order valence-electron chi connectivity index (χ0n) is 13.6. The van der Waals surface area contributed by atoms with Crippen LogP contribution in [0.2, 0.25) is 0 Å². The number of aromatic nitrogens is 2. The van der Waals surface area contributed by atoms with Crippen LogP contribution in [0.4, 0.5) is 0 Å². The van der Waals surface area contributed by atoms with Gasteiger partial charge in [-0.25, -0.2) is 0 Å². The Labute approximate surface area is 149 Å². The van der Waals surface area contributed by atoms with E-state index in [9.17, 15) is 4.79 Å². The summed E-state index contributed by atoms with van der Waals surface area (Å²) in [5, 5.41) is 11.6. The van der Waals surface area contributed by atoms with Crippen molar-refractivity contribution < 1.29 is 4.79 Å². The van der Waals surface area contributed by atoms with Gasteiger partial charge in [0, 0.05) is 18.3 Å². The van der Waals surface area contributed by atoms with Gasteiger partial charge in [-0.1, -0.05) is 42.5 Å². The molecule has 0 aliphatic heterocycles. The summed E-state index contributed by atoms with van der Waals surface area (Å²) in [5.41, 5.74) is 1.67. The Morgan fingerprint density at radius 1 is 1.04 bits per heavy atom. The quantitative estimate of drug-likeness (QED) is 0.588. The van der Waals surface area contributed by atoms with Gasteiger partial charge in [0.2, 0.25) is 0 Å². The van der Waals surface area contributed by atoms with Crippen molar-refractivity contribution in [3.8, 4) is 10.6 Å². The smallest absolute Gasteiger partial charge is 0.251 e. The van der Waals surface area contributed by atoms with Gasteiger partial charge in [0.15, 0.2) is 0 Å². The monoisotopic (exact) mass is 347 g/mol. The summed E-state index contributed by atoms with van der Waals surface area (Å²) in [6.07, 6.45) is 1.94. The molecule has 4 aromatic rings. The first-order chi connectivity index (χ1) is 12.3. The summed E-state index contributed by atoms with van der Waals surface area (Å²) in [4.78, 5) is 13.7. The average molecular weight is 347 g/mol. The minimum Gasteiger partial charge on any atom is -0.350 e. The van der Waals surface area contributed by atoms with Crippen LogP contribution < -0.4 is 5.32 Å². The molecule has 0 radical (unpaired) electrons. The fraction of sp³-hybridized carbons (Fsp3) is 0.100. The predicted molar refractivity (Wildman–Crippen MR) is 102 cm³/mol. The number of carbonyl (C=O) groups excluding carboxylic acids is 1. The second-order valence-electron chi connectivity index (χ2n) is 5.72. The number of rotatable bonds is 5. The molecule has 124 valence electrons. The van der Waals surface area contributed by atoms with Gasteiger partial charge >= 0.3 is 0 Å². The lowest BCUT2D eigenvalue weighted by Crippen LogP contribution is -2.27. The molecule has 1 N–H and O–H groups in total. The largest absolute Gasteiger partial charge is 0.350 e.